The first kappa shape index (κ1) is 21.0. The number of fused-ring (bicyclic) bond motifs is 5. The molecule has 8 rings (SSSR count). The number of benzene rings is 6. The van der Waals surface area contributed by atoms with E-state index >= 15 is 0 Å². The lowest BCUT2D eigenvalue weighted by molar-refractivity contribution is 1.13. The van der Waals surface area contributed by atoms with Crippen LogP contribution in [0.2, 0.25) is 0 Å². The zero-order chi connectivity index (χ0) is 25.1. The minimum Gasteiger partial charge on any atom is -0.317 e. The van der Waals surface area contributed by atoms with E-state index in [4.69, 9.17) is 0 Å². The molecule has 0 saturated carbocycles. The maximum atomic E-state index is 2.39. The van der Waals surface area contributed by atoms with E-state index in [9.17, 15) is 0 Å². The van der Waals surface area contributed by atoms with Crippen LogP contribution in [0.5, 0.6) is 0 Å². The van der Waals surface area contributed by atoms with Crippen molar-refractivity contribution in [2.45, 2.75) is 0 Å². The van der Waals surface area contributed by atoms with Crippen molar-refractivity contribution in [1.29, 1.82) is 0 Å². The van der Waals surface area contributed by atoms with Gasteiger partial charge in [-0.2, -0.15) is 0 Å². The van der Waals surface area contributed by atoms with Crippen LogP contribution in [0.1, 0.15) is 0 Å². The molecule has 2 nitrogen and oxygen atoms in total. The van der Waals surface area contributed by atoms with Gasteiger partial charge in [0, 0.05) is 33.7 Å². The van der Waals surface area contributed by atoms with E-state index < -0.39 is 0 Å². The summed E-state index contributed by atoms with van der Waals surface area (Å²) in [6.07, 6.45) is 2.19. The van der Waals surface area contributed by atoms with Gasteiger partial charge in [-0.1, -0.05) is 78.9 Å². The average molecular weight is 485 g/mol. The molecular formula is C36H24N2. The van der Waals surface area contributed by atoms with Crippen LogP contribution in [0.15, 0.2) is 146 Å². The molecule has 38 heavy (non-hydrogen) atoms. The van der Waals surface area contributed by atoms with E-state index in [-0.39, 0.29) is 0 Å². The Morgan fingerprint density at radius 3 is 1.92 bits per heavy atom. The van der Waals surface area contributed by atoms with Crippen molar-refractivity contribution in [1.82, 2.24) is 9.13 Å². The highest BCUT2D eigenvalue weighted by molar-refractivity contribution is 6.15. The Morgan fingerprint density at radius 2 is 1.05 bits per heavy atom. The van der Waals surface area contributed by atoms with E-state index in [1.165, 1.54) is 66.0 Å². The lowest BCUT2D eigenvalue weighted by atomic mass is 10.0. The molecule has 0 fully saturated rings. The highest BCUT2D eigenvalue weighted by atomic mass is 15.0. The van der Waals surface area contributed by atoms with Gasteiger partial charge >= 0.3 is 0 Å². The fourth-order valence-corrected chi connectivity index (χ4v) is 5.89. The maximum absolute atomic E-state index is 2.39. The van der Waals surface area contributed by atoms with Crippen LogP contribution in [0.4, 0.5) is 0 Å². The van der Waals surface area contributed by atoms with Crippen molar-refractivity contribution in [2.75, 3.05) is 0 Å². The summed E-state index contributed by atoms with van der Waals surface area (Å²) in [5.74, 6) is 0. The second kappa shape index (κ2) is 8.22. The third kappa shape index (κ3) is 3.21. The number of aromatic nitrogens is 2. The van der Waals surface area contributed by atoms with Gasteiger partial charge in [0.1, 0.15) is 0 Å². The maximum Gasteiger partial charge on any atom is 0.0547 e. The third-order valence-corrected chi connectivity index (χ3v) is 7.68. The third-order valence-electron chi connectivity index (χ3n) is 7.68. The molecule has 0 spiro atoms. The smallest absolute Gasteiger partial charge is 0.0547 e. The Hall–Kier alpha value is -5.08. The zero-order valence-corrected chi connectivity index (χ0v) is 20.8. The molecule has 2 heterocycles. The Bertz CT molecular complexity index is 2110. The van der Waals surface area contributed by atoms with Crippen molar-refractivity contribution in [2.24, 2.45) is 0 Å². The Kier molecular flexibility index (Phi) is 4.55. The number of para-hydroxylation sites is 2. The minimum atomic E-state index is 1.17. The lowest BCUT2D eigenvalue weighted by Crippen LogP contribution is -1.93. The predicted molar refractivity (Wildman–Crippen MR) is 161 cm³/mol. The van der Waals surface area contributed by atoms with Gasteiger partial charge in [-0.3, -0.25) is 0 Å². The van der Waals surface area contributed by atoms with Gasteiger partial charge in [0.2, 0.25) is 0 Å². The molecule has 0 aliphatic carbocycles. The number of hydrogen-bond acceptors (Lipinski definition) is 0. The minimum absolute atomic E-state index is 1.17. The Labute approximate surface area is 220 Å². The molecule has 0 N–H and O–H groups in total. The average Bonchev–Trinajstić information content (AvgIpc) is 3.54. The summed E-state index contributed by atoms with van der Waals surface area (Å²) in [4.78, 5) is 0. The van der Waals surface area contributed by atoms with Crippen molar-refractivity contribution in [3.8, 4) is 22.5 Å². The molecule has 0 aliphatic heterocycles. The molecule has 178 valence electrons. The molecule has 8 aromatic rings. The topological polar surface area (TPSA) is 9.86 Å². The quantitative estimate of drug-likeness (QED) is 0.236. The molecule has 0 saturated heterocycles. The fraction of sp³-hybridized carbons (Fsp3) is 0. The van der Waals surface area contributed by atoms with Crippen LogP contribution in [0.25, 0.3) is 66.0 Å². The standard InChI is InChI=1S/C36H24N2/c1-3-10-25(11-4-1)26-12-9-15-31(21-26)37-19-18-27-20-28-22-33-32-16-7-8-17-34(32)38(30-13-5-2-6-14-30)36(33)24-29(28)23-35(27)37/h1-24H. The molecule has 0 bridgehead atoms. The molecule has 6 aromatic carbocycles. The predicted octanol–water partition coefficient (Wildman–Crippen LogP) is 9.55. The molecule has 2 heteroatoms. The molecule has 2 aromatic heterocycles. The normalized spacial score (nSPS) is 11.7. The highest BCUT2D eigenvalue weighted by Gasteiger charge is 2.14. The summed E-state index contributed by atoms with van der Waals surface area (Å²) < 4.78 is 4.69. The monoisotopic (exact) mass is 484 g/mol. The molecule has 0 radical (unpaired) electrons. The number of nitrogens with zero attached hydrogens (tertiary/aromatic N) is 2. The summed E-state index contributed by atoms with van der Waals surface area (Å²) in [5, 5.41) is 6.31. The van der Waals surface area contributed by atoms with Crippen LogP contribution in [0.3, 0.4) is 0 Å². The summed E-state index contributed by atoms with van der Waals surface area (Å²) in [5.41, 5.74) is 8.47. The summed E-state index contributed by atoms with van der Waals surface area (Å²) in [7, 11) is 0. The summed E-state index contributed by atoms with van der Waals surface area (Å²) in [6, 6.07) is 50.3. The fourth-order valence-electron chi connectivity index (χ4n) is 5.89. The SMILES string of the molecule is c1ccc(-c2cccc(-n3ccc4cc5cc6c7ccccc7n(-c7ccccc7)c6cc5cc43)c2)cc1. The first-order valence-electron chi connectivity index (χ1n) is 13.0. The first-order valence-corrected chi connectivity index (χ1v) is 13.0. The van der Waals surface area contributed by atoms with Crippen LogP contribution < -0.4 is 0 Å². The zero-order valence-electron chi connectivity index (χ0n) is 20.8. The number of hydrogen-bond donors (Lipinski definition) is 0. The summed E-state index contributed by atoms with van der Waals surface area (Å²) in [6.45, 7) is 0. The van der Waals surface area contributed by atoms with Crippen molar-refractivity contribution in [3.05, 3.63) is 146 Å². The van der Waals surface area contributed by atoms with E-state index in [1.807, 2.05) is 0 Å². The summed E-state index contributed by atoms with van der Waals surface area (Å²) >= 11 is 0. The largest absolute Gasteiger partial charge is 0.317 e. The van der Waals surface area contributed by atoms with E-state index in [2.05, 4.69) is 155 Å². The van der Waals surface area contributed by atoms with Crippen LogP contribution in [-0.2, 0) is 0 Å². The number of rotatable bonds is 3. The Balaban J connectivity index is 1.36. The van der Waals surface area contributed by atoms with E-state index in [1.54, 1.807) is 0 Å². The molecule has 0 atom stereocenters. The Morgan fingerprint density at radius 1 is 0.368 bits per heavy atom. The van der Waals surface area contributed by atoms with Gasteiger partial charge in [-0.05, 0) is 82.6 Å². The molecule has 0 unspecified atom stereocenters. The molecule has 0 amide bonds. The van der Waals surface area contributed by atoms with Crippen molar-refractivity contribution >= 4 is 43.5 Å². The van der Waals surface area contributed by atoms with Crippen LogP contribution in [-0.4, -0.2) is 9.13 Å². The van der Waals surface area contributed by atoms with Gasteiger partial charge < -0.3 is 9.13 Å². The van der Waals surface area contributed by atoms with E-state index in [0.717, 1.165) is 0 Å². The lowest BCUT2D eigenvalue weighted by Gasteiger charge is -2.10. The highest BCUT2D eigenvalue weighted by Crippen LogP contribution is 2.36. The van der Waals surface area contributed by atoms with Gasteiger partial charge in [0.15, 0.2) is 0 Å². The second-order valence-corrected chi connectivity index (χ2v) is 9.92. The molecule has 0 aliphatic rings. The van der Waals surface area contributed by atoms with Crippen LogP contribution >= 0.6 is 0 Å². The molecular weight excluding hydrogens is 460 g/mol. The first-order chi connectivity index (χ1) is 18.8. The van der Waals surface area contributed by atoms with E-state index in [0.29, 0.717) is 0 Å². The van der Waals surface area contributed by atoms with Gasteiger partial charge in [-0.25, -0.2) is 0 Å². The van der Waals surface area contributed by atoms with Gasteiger partial charge in [0.05, 0.1) is 16.6 Å². The van der Waals surface area contributed by atoms with Gasteiger partial charge in [-0.15, -0.1) is 0 Å². The van der Waals surface area contributed by atoms with Crippen LogP contribution in [0, 0.1) is 0 Å². The second-order valence-electron chi connectivity index (χ2n) is 9.92. The van der Waals surface area contributed by atoms with Crippen molar-refractivity contribution in [3.63, 3.8) is 0 Å². The van der Waals surface area contributed by atoms with Crippen molar-refractivity contribution < 1.29 is 0 Å². The van der Waals surface area contributed by atoms with Gasteiger partial charge in [0.25, 0.3) is 0 Å².